The summed E-state index contributed by atoms with van der Waals surface area (Å²) in [4.78, 5) is 4.33. The largest absolute Gasteiger partial charge is 0.256 e. The average Bonchev–Trinajstić information content (AvgIpc) is 2.26. The fourth-order valence-corrected chi connectivity index (χ4v) is 1.70. The molecule has 1 heterocycles. The molecule has 0 spiro atoms. The molecule has 0 unspecified atom stereocenters. The van der Waals surface area contributed by atoms with Crippen LogP contribution in [-0.2, 0) is 6.42 Å². The monoisotopic (exact) mass is 184 g/mol. The predicted octanol–water partition coefficient (Wildman–Crippen LogP) is 3.39. The van der Waals surface area contributed by atoms with Gasteiger partial charge in [0.2, 0.25) is 0 Å². The smallest absolute Gasteiger partial charge is 0.0704 e. The van der Waals surface area contributed by atoms with Crippen molar-refractivity contribution in [1.29, 1.82) is 0 Å². The van der Waals surface area contributed by atoms with Gasteiger partial charge in [-0.2, -0.15) is 0 Å². The number of hydrogen-bond donors (Lipinski definition) is 0. The second-order valence-corrected chi connectivity index (χ2v) is 3.44. The molecule has 0 bridgehead atoms. The maximum absolute atomic E-state index is 4.33. The van der Waals surface area contributed by atoms with E-state index in [1.807, 2.05) is 12.3 Å². The van der Waals surface area contributed by atoms with Gasteiger partial charge in [-0.15, -0.1) is 0 Å². The molecule has 1 heteroatoms. The highest BCUT2D eigenvalue weighted by atomic mass is 14.6. The summed E-state index contributed by atoms with van der Waals surface area (Å²) in [7, 11) is 0. The minimum absolute atomic E-state index is 0.997. The number of rotatable bonds is 3. The Morgan fingerprint density at radius 3 is 2.93 bits per heavy atom. The van der Waals surface area contributed by atoms with Crippen LogP contribution in [0.25, 0.3) is 10.9 Å². The Hall–Kier alpha value is -1.37. The Balaban J connectivity index is 2.43. The number of nitrogens with zero attached hydrogens (tertiary/aromatic N) is 1. The third-order valence-electron chi connectivity index (χ3n) is 2.43. The van der Waals surface area contributed by atoms with Gasteiger partial charge in [-0.1, -0.05) is 31.5 Å². The second-order valence-electron chi connectivity index (χ2n) is 3.44. The van der Waals surface area contributed by atoms with Gasteiger partial charge in [-0.25, -0.2) is 0 Å². The van der Waals surface area contributed by atoms with Crippen LogP contribution in [0.1, 0.15) is 18.4 Å². The zero-order valence-corrected chi connectivity index (χ0v) is 8.24. The van der Waals surface area contributed by atoms with E-state index in [0.717, 1.165) is 24.8 Å². The highest BCUT2D eigenvalue weighted by molar-refractivity contribution is 5.81. The molecule has 1 aromatic carbocycles. The Morgan fingerprint density at radius 1 is 1.14 bits per heavy atom. The number of benzene rings is 1. The van der Waals surface area contributed by atoms with Crippen molar-refractivity contribution >= 4 is 10.9 Å². The summed E-state index contributed by atoms with van der Waals surface area (Å²) in [6.45, 7) is 3.87. The van der Waals surface area contributed by atoms with Crippen LogP contribution in [0.15, 0.2) is 36.5 Å². The molecule has 2 rings (SSSR count). The normalized spacial score (nSPS) is 10.6. The van der Waals surface area contributed by atoms with Gasteiger partial charge in [0.25, 0.3) is 0 Å². The minimum atomic E-state index is 0.997. The molecule has 0 aliphatic carbocycles. The maximum atomic E-state index is 4.33. The fraction of sp³-hybridized carbons (Fsp3) is 0.231. The first-order valence-corrected chi connectivity index (χ1v) is 5.03. The van der Waals surface area contributed by atoms with Crippen LogP contribution in [0, 0.1) is 6.92 Å². The van der Waals surface area contributed by atoms with Crippen molar-refractivity contribution < 1.29 is 0 Å². The number of fused-ring (bicyclic) bond motifs is 1. The molecule has 0 aliphatic heterocycles. The van der Waals surface area contributed by atoms with E-state index in [2.05, 4.69) is 36.2 Å². The van der Waals surface area contributed by atoms with Crippen molar-refractivity contribution in [3.8, 4) is 0 Å². The van der Waals surface area contributed by atoms with E-state index in [4.69, 9.17) is 0 Å². The van der Waals surface area contributed by atoms with Crippen LogP contribution >= 0.6 is 0 Å². The number of aryl methyl sites for hydroxylation is 1. The summed E-state index contributed by atoms with van der Waals surface area (Å²) in [5.41, 5.74) is 2.48. The molecular weight excluding hydrogens is 170 g/mol. The van der Waals surface area contributed by atoms with E-state index in [0.29, 0.717) is 0 Å². The van der Waals surface area contributed by atoms with Crippen molar-refractivity contribution in [2.24, 2.45) is 0 Å². The van der Waals surface area contributed by atoms with Crippen LogP contribution in [0.5, 0.6) is 0 Å². The third-order valence-corrected chi connectivity index (χ3v) is 2.43. The molecule has 71 valence electrons. The van der Waals surface area contributed by atoms with Gasteiger partial charge >= 0.3 is 0 Å². The molecular formula is C13H14N. The van der Waals surface area contributed by atoms with Crippen LogP contribution in [0.2, 0.25) is 0 Å². The Labute approximate surface area is 84.8 Å². The topological polar surface area (TPSA) is 12.9 Å². The van der Waals surface area contributed by atoms with Gasteiger partial charge in [-0.3, -0.25) is 4.98 Å². The van der Waals surface area contributed by atoms with Crippen LogP contribution in [0.4, 0.5) is 0 Å². The summed E-state index contributed by atoms with van der Waals surface area (Å²) in [6.07, 6.45) is 5.09. The molecule has 0 fully saturated rings. The summed E-state index contributed by atoms with van der Waals surface area (Å²) >= 11 is 0. The first kappa shape index (κ1) is 9.20. The quantitative estimate of drug-likeness (QED) is 0.712. The van der Waals surface area contributed by atoms with E-state index in [1.54, 1.807) is 0 Å². The minimum Gasteiger partial charge on any atom is -0.256 e. The predicted molar refractivity (Wildman–Crippen MR) is 60.0 cm³/mol. The second kappa shape index (κ2) is 4.23. The number of pyridine rings is 1. The number of hydrogen-bond acceptors (Lipinski definition) is 1. The van der Waals surface area contributed by atoms with Crippen LogP contribution < -0.4 is 0 Å². The van der Waals surface area contributed by atoms with Gasteiger partial charge in [0.15, 0.2) is 0 Å². The van der Waals surface area contributed by atoms with Gasteiger partial charge in [0.1, 0.15) is 0 Å². The standard InChI is InChI=1S/C13H14N/c1-2-3-6-11-7-4-9-13-12(11)8-5-10-14-13/h4-5,7-10H,1-3,6H2. The molecule has 14 heavy (non-hydrogen) atoms. The molecule has 1 nitrogen and oxygen atoms in total. The van der Waals surface area contributed by atoms with E-state index in [1.165, 1.54) is 10.9 Å². The molecule has 0 amide bonds. The fourth-order valence-electron chi connectivity index (χ4n) is 1.70. The van der Waals surface area contributed by atoms with Crippen LogP contribution in [-0.4, -0.2) is 4.98 Å². The molecule has 0 saturated carbocycles. The highest BCUT2D eigenvalue weighted by Gasteiger charge is 1.99. The van der Waals surface area contributed by atoms with Crippen molar-refractivity contribution in [3.05, 3.63) is 49.0 Å². The van der Waals surface area contributed by atoms with Crippen molar-refractivity contribution in [1.82, 2.24) is 4.98 Å². The van der Waals surface area contributed by atoms with Gasteiger partial charge in [0, 0.05) is 11.6 Å². The molecule has 0 atom stereocenters. The van der Waals surface area contributed by atoms with Crippen molar-refractivity contribution in [2.75, 3.05) is 0 Å². The Bertz CT molecular complexity index is 415. The summed E-state index contributed by atoms with van der Waals surface area (Å²) in [5.74, 6) is 0. The molecule has 0 N–H and O–H groups in total. The lowest BCUT2D eigenvalue weighted by molar-refractivity contribution is 0.846. The van der Waals surface area contributed by atoms with E-state index in [9.17, 15) is 0 Å². The molecule has 1 aromatic heterocycles. The molecule has 1 radical (unpaired) electrons. The lowest BCUT2D eigenvalue weighted by Crippen LogP contribution is -1.87. The lowest BCUT2D eigenvalue weighted by atomic mass is 10.0. The molecule has 0 aliphatic rings. The third kappa shape index (κ3) is 1.77. The van der Waals surface area contributed by atoms with Gasteiger partial charge < -0.3 is 0 Å². The SMILES string of the molecule is [CH2]CCCc1cccc2ncccc12. The lowest BCUT2D eigenvalue weighted by Gasteiger charge is -2.04. The zero-order chi connectivity index (χ0) is 9.80. The summed E-state index contributed by atoms with van der Waals surface area (Å²) in [6, 6.07) is 10.5. The highest BCUT2D eigenvalue weighted by Crippen LogP contribution is 2.17. The molecule has 0 saturated heterocycles. The first-order chi connectivity index (χ1) is 6.92. The van der Waals surface area contributed by atoms with Crippen molar-refractivity contribution in [3.63, 3.8) is 0 Å². The first-order valence-electron chi connectivity index (χ1n) is 5.03. The van der Waals surface area contributed by atoms with E-state index >= 15 is 0 Å². The van der Waals surface area contributed by atoms with Gasteiger partial charge in [-0.05, 0) is 30.5 Å². The number of unbranched alkanes of at least 4 members (excludes halogenated alkanes) is 1. The van der Waals surface area contributed by atoms with E-state index in [-0.39, 0.29) is 0 Å². The zero-order valence-electron chi connectivity index (χ0n) is 8.24. The summed E-state index contributed by atoms with van der Waals surface area (Å²) in [5, 5.41) is 1.28. The Morgan fingerprint density at radius 2 is 2.07 bits per heavy atom. The maximum Gasteiger partial charge on any atom is 0.0704 e. The molecule has 2 aromatic rings. The average molecular weight is 184 g/mol. The van der Waals surface area contributed by atoms with Crippen molar-refractivity contribution in [2.45, 2.75) is 19.3 Å². The summed E-state index contributed by atoms with van der Waals surface area (Å²) < 4.78 is 0. The number of aromatic nitrogens is 1. The van der Waals surface area contributed by atoms with Gasteiger partial charge in [0.05, 0.1) is 5.52 Å². The van der Waals surface area contributed by atoms with Crippen LogP contribution in [0.3, 0.4) is 0 Å². The Kier molecular flexibility index (Phi) is 2.78. The van der Waals surface area contributed by atoms with E-state index < -0.39 is 0 Å².